The third kappa shape index (κ3) is 3.30. The molecule has 0 spiro atoms. The zero-order valence-corrected chi connectivity index (χ0v) is 12.6. The van der Waals surface area contributed by atoms with Crippen LogP contribution in [0.15, 0.2) is 24.3 Å². The molecule has 19 heavy (non-hydrogen) atoms. The van der Waals surface area contributed by atoms with Crippen LogP contribution in [-0.2, 0) is 5.41 Å². The van der Waals surface area contributed by atoms with Crippen molar-refractivity contribution in [3.8, 4) is 0 Å². The van der Waals surface area contributed by atoms with Crippen molar-refractivity contribution in [2.24, 2.45) is 5.41 Å². The molecule has 1 fully saturated rings. The zero-order valence-electron chi connectivity index (χ0n) is 12.6. The third-order valence-electron chi connectivity index (χ3n) is 4.92. The van der Waals surface area contributed by atoms with Gasteiger partial charge in [0, 0.05) is 24.2 Å². The van der Waals surface area contributed by atoms with E-state index in [1.165, 1.54) is 37.8 Å². The van der Waals surface area contributed by atoms with E-state index in [4.69, 9.17) is 5.73 Å². The van der Waals surface area contributed by atoms with Crippen LogP contribution in [0.4, 0.5) is 5.69 Å². The molecule has 2 rings (SSSR count). The molecule has 1 aromatic rings. The molecule has 1 aromatic carbocycles. The maximum absolute atomic E-state index is 5.76. The Hall–Kier alpha value is -1.02. The lowest BCUT2D eigenvalue weighted by Gasteiger charge is -2.42. The lowest BCUT2D eigenvalue weighted by atomic mass is 9.67. The van der Waals surface area contributed by atoms with Gasteiger partial charge < -0.3 is 11.1 Å². The fraction of sp³-hybridized carbons (Fsp3) is 0.647. The molecule has 2 heteroatoms. The summed E-state index contributed by atoms with van der Waals surface area (Å²) >= 11 is 0. The molecule has 1 aliphatic carbocycles. The molecule has 0 unspecified atom stereocenters. The smallest absolute Gasteiger partial charge is 0.0314 e. The second-order valence-corrected chi connectivity index (χ2v) is 6.82. The van der Waals surface area contributed by atoms with Crippen molar-refractivity contribution in [2.75, 3.05) is 18.8 Å². The summed E-state index contributed by atoms with van der Waals surface area (Å²) in [5.74, 6) is 0. The summed E-state index contributed by atoms with van der Waals surface area (Å²) in [5, 5.41) is 3.70. The van der Waals surface area contributed by atoms with Gasteiger partial charge >= 0.3 is 0 Å². The van der Waals surface area contributed by atoms with Crippen LogP contribution in [0.2, 0.25) is 0 Å². The van der Waals surface area contributed by atoms with Crippen LogP contribution in [0.25, 0.3) is 0 Å². The summed E-state index contributed by atoms with van der Waals surface area (Å²) in [5.41, 5.74) is 8.70. The minimum Gasteiger partial charge on any atom is -0.399 e. The van der Waals surface area contributed by atoms with Gasteiger partial charge in [-0.1, -0.05) is 39.3 Å². The van der Waals surface area contributed by atoms with E-state index in [9.17, 15) is 0 Å². The van der Waals surface area contributed by atoms with Gasteiger partial charge in [0.15, 0.2) is 0 Å². The molecule has 0 heterocycles. The summed E-state index contributed by atoms with van der Waals surface area (Å²) in [6.45, 7) is 9.11. The maximum atomic E-state index is 5.76. The van der Waals surface area contributed by atoms with Gasteiger partial charge in [0.2, 0.25) is 0 Å². The molecule has 0 saturated heterocycles. The molecule has 0 amide bonds. The number of rotatable bonds is 6. The summed E-state index contributed by atoms with van der Waals surface area (Å²) in [6, 6.07) is 8.29. The predicted molar refractivity (Wildman–Crippen MR) is 83.3 cm³/mol. The van der Waals surface area contributed by atoms with Gasteiger partial charge in [-0.2, -0.15) is 0 Å². The molecule has 2 nitrogen and oxygen atoms in total. The van der Waals surface area contributed by atoms with Gasteiger partial charge in [-0.15, -0.1) is 0 Å². The molecule has 0 radical (unpaired) electrons. The van der Waals surface area contributed by atoms with Crippen LogP contribution >= 0.6 is 0 Å². The van der Waals surface area contributed by atoms with E-state index in [1.807, 2.05) is 12.1 Å². The highest BCUT2D eigenvalue weighted by Gasteiger charge is 2.35. The second kappa shape index (κ2) is 5.54. The number of hydrogen-bond donors (Lipinski definition) is 2. The van der Waals surface area contributed by atoms with Crippen molar-refractivity contribution in [1.29, 1.82) is 0 Å². The Morgan fingerprint density at radius 2 is 1.84 bits per heavy atom. The molecule has 106 valence electrons. The van der Waals surface area contributed by atoms with Crippen LogP contribution < -0.4 is 11.1 Å². The van der Waals surface area contributed by atoms with Crippen LogP contribution in [0.5, 0.6) is 0 Å². The molecular formula is C17H28N2. The minimum absolute atomic E-state index is 0.159. The van der Waals surface area contributed by atoms with Gasteiger partial charge in [-0.25, -0.2) is 0 Å². The zero-order chi connectivity index (χ0) is 13.9. The number of hydrogen-bond acceptors (Lipinski definition) is 2. The highest BCUT2D eigenvalue weighted by Crippen LogP contribution is 2.43. The van der Waals surface area contributed by atoms with Gasteiger partial charge in [0.1, 0.15) is 0 Å². The van der Waals surface area contributed by atoms with Crippen LogP contribution in [0, 0.1) is 5.41 Å². The van der Waals surface area contributed by atoms with Crippen molar-refractivity contribution in [1.82, 2.24) is 5.32 Å². The summed E-state index contributed by atoms with van der Waals surface area (Å²) in [7, 11) is 0. The minimum atomic E-state index is 0.159. The van der Waals surface area contributed by atoms with Crippen LogP contribution in [0.3, 0.4) is 0 Å². The highest BCUT2D eigenvalue weighted by molar-refractivity contribution is 5.41. The Morgan fingerprint density at radius 3 is 2.32 bits per heavy atom. The summed E-state index contributed by atoms with van der Waals surface area (Å²) in [6.07, 6.45) is 5.52. The van der Waals surface area contributed by atoms with E-state index in [0.717, 1.165) is 12.2 Å². The topological polar surface area (TPSA) is 38.0 Å². The van der Waals surface area contributed by atoms with E-state index in [1.54, 1.807) is 0 Å². The van der Waals surface area contributed by atoms with E-state index < -0.39 is 0 Å². The molecular weight excluding hydrogens is 232 g/mol. The molecule has 0 aromatic heterocycles. The number of nitrogen functional groups attached to an aromatic ring is 1. The Kier molecular flexibility index (Phi) is 4.19. The average Bonchev–Trinajstić information content (AvgIpc) is 2.33. The molecule has 3 N–H and O–H groups in total. The Morgan fingerprint density at radius 1 is 1.21 bits per heavy atom. The second-order valence-electron chi connectivity index (χ2n) is 6.82. The standard InChI is InChI=1S/C17H28N2/c1-4-17(10-5-11-17)13-19-12-16(2,3)14-6-8-15(18)9-7-14/h6-9,19H,4-5,10-13,18H2,1-3H3. The molecule has 1 aliphatic rings. The fourth-order valence-corrected chi connectivity index (χ4v) is 3.01. The van der Waals surface area contributed by atoms with Crippen LogP contribution in [-0.4, -0.2) is 13.1 Å². The van der Waals surface area contributed by atoms with Crippen molar-refractivity contribution >= 4 is 5.69 Å². The lowest BCUT2D eigenvalue weighted by Crippen LogP contribution is -2.43. The van der Waals surface area contributed by atoms with Crippen LogP contribution in [0.1, 0.15) is 52.0 Å². The van der Waals surface area contributed by atoms with E-state index in [0.29, 0.717) is 5.41 Å². The molecule has 0 bridgehead atoms. The largest absolute Gasteiger partial charge is 0.399 e. The first-order valence-electron chi connectivity index (χ1n) is 7.54. The SMILES string of the molecule is CCC1(CNCC(C)(C)c2ccc(N)cc2)CCC1. The van der Waals surface area contributed by atoms with Crippen molar-refractivity contribution in [2.45, 2.75) is 51.9 Å². The van der Waals surface area contributed by atoms with E-state index >= 15 is 0 Å². The van der Waals surface area contributed by atoms with Crippen molar-refractivity contribution in [3.05, 3.63) is 29.8 Å². The van der Waals surface area contributed by atoms with Gasteiger partial charge in [0.25, 0.3) is 0 Å². The summed E-state index contributed by atoms with van der Waals surface area (Å²) < 4.78 is 0. The number of nitrogens with two attached hydrogens (primary N) is 1. The first-order valence-corrected chi connectivity index (χ1v) is 7.54. The maximum Gasteiger partial charge on any atom is 0.0314 e. The number of nitrogens with one attached hydrogen (secondary N) is 1. The van der Waals surface area contributed by atoms with Crippen molar-refractivity contribution in [3.63, 3.8) is 0 Å². The van der Waals surface area contributed by atoms with Gasteiger partial charge in [-0.05, 0) is 42.4 Å². The Labute approximate surface area is 117 Å². The van der Waals surface area contributed by atoms with Crippen molar-refractivity contribution < 1.29 is 0 Å². The predicted octanol–water partition coefficient (Wildman–Crippen LogP) is 3.72. The lowest BCUT2D eigenvalue weighted by molar-refractivity contribution is 0.122. The van der Waals surface area contributed by atoms with Gasteiger partial charge in [-0.3, -0.25) is 0 Å². The quantitative estimate of drug-likeness (QED) is 0.765. The summed E-state index contributed by atoms with van der Waals surface area (Å²) in [4.78, 5) is 0. The molecule has 1 saturated carbocycles. The molecule has 0 aliphatic heterocycles. The first-order chi connectivity index (χ1) is 8.97. The highest BCUT2D eigenvalue weighted by atomic mass is 14.9. The monoisotopic (exact) mass is 260 g/mol. The number of benzene rings is 1. The fourth-order valence-electron chi connectivity index (χ4n) is 3.01. The third-order valence-corrected chi connectivity index (χ3v) is 4.92. The molecule has 0 atom stereocenters. The first kappa shape index (κ1) is 14.4. The van der Waals surface area contributed by atoms with E-state index in [2.05, 4.69) is 38.2 Å². The average molecular weight is 260 g/mol. The number of anilines is 1. The van der Waals surface area contributed by atoms with Gasteiger partial charge in [0.05, 0.1) is 0 Å². The normalized spacial score (nSPS) is 18.1. The Balaban J connectivity index is 1.88. The van der Waals surface area contributed by atoms with E-state index in [-0.39, 0.29) is 5.41 Å². The Bertz CT molecular complexity index is 396.